The maximum atomic E-state index is 10.7. The minimum Gasteiger partial charge on any atom is -0.427 e. The van der Waals surface area contributed by atoms with Gasteiger partial charge in [-0.25, -0.2) is 9.59 Å². The fourth-order valence-electron chi connectivity index (χ4n) is 0.517. The highest BCUT2D eigenvalue weighted by Gasteiger charge is 2.14. The van der Waals surface area contributed by atoms with Crippen molar-refractivity contribution >= 4 is 11.9 Å². The van der Waals surface area contributed by atoms with Gasteiger partial charge in [-0.05, 0) is 12.5 Å². The molecule has 0 aromatic heterocycles. The summed E-state index contributed by atoms with van der Waals surface area (Å²) < 4.78 is 8.56. The van der Waals surface area contributed by atoms with Gasteiger partial charge in [0.2, 0.25) is 0 Å². The number of esters is 2. The van der Waals surface area contributed by atoms with E-state index < -0.39 is 11.9 Å². The predicted octanol–water partition coefficient (Wildman–Crippen LogP) is 1.14. The number of ether oxygens (including phenoxy) is 2. The van der Waals surface area contributed by atoms with Gasteiger partial charge in [0.05, 0.1) is 12.5 Å². The number of rotatable bonds is 4. The van der Waals surface area contributed by atoms with Crippen LogP contribution in [0, 0.1) is 12.3 Å². The Morgan fingerprint density at radius 2 is 2.00 bits per heavy atom. The van der Waals surface area contributed by atoms with Crippen molar-refractivity contribution in [2.75, 3.05) is 0 Å². The molecule has 0 N–H and O–H groups in total. The van der Waals surface area contributed by atoms with Crippen LogP contribution in [0.2, 0.25) is 0 Å². The van der Waals surface area contributed by atoms with Gasteiger partial charge in [0.15, 0.2) is 0 Å². The molecule has 0 heterocycles. The topological polar surface area (TPSA) is 52.6 Å². The average Bonchev–Trinajstić information content (AvgIpc) is 2.17. The van der Waals surface area contributed by atoms with E-state index in [0.717, 1.165) is 12.5 Å². The van der Waals surface area contributed by atoms with Crippen LogP contribution in [0.1, 0.15) is 12.8 Å². The molecule has 0 spiro atoms. The molecule has 0 bridgehead atoms. The lowest BCUT2D eigenvalue weighted by Crippen LogP contribution is -2.15. The molecule has 0 rings (SSSR count). The van der Waals surface area contributed by atoms with Crippen molar-refractivity contribution in [2.24, 2.45) is 0 Å². The highest BCUT2D eigenvalue weighted by atomic mass is 16.6. The molecular formula is C10H10O4. The van der Waals surface area contributed by atoms with Crippen molar-refractivity contribution in [3.8, 4) is 12.3 Å². The predicted molar refractivity (Wildman–Crippen MR) is 49.6 cm³/mol. The summed E-state index contributed by atoms with van der Waals surface area (Å²) in [5.74, 6) is 0.197. The first-order valence-electron chi connectivity index (χ1n) is 3.83. The Labute approximate surface area is 82.2 Å². The summed E-state index contributed by atoms with van der Waals surface area (Å²) in [6.07, 6.45) is 9.61. The number of carbonyl (C=O) groups is 2. The molecule has 0 amide bonds. The lowest BCUT2D eigenvalue weighted by molar-refractivity contribution is -0.160. The lowest BCUT2D eigenvalue weighted by atomic mass is 10.3. The number of allylic oxidation sites excluding steroid dienone is 1. The SMILES string of the molecule is C#CCCC=COC(=O)C(=O)OC=C. The van der Waals surface area contributed by atoms with Crippen molar-refractivity contribution in [1.82, 2.24) is 0 Å². The van der Waals surface area contributed by atoms with Crippen LogP contribution in [0.5, 0.6) is 0 Å². The normalized spacial score (nSPS) is 9.07. The van der Waals surface area contributed by atoms with E-state index in [-0.39, 0.29) is 0 Å². The summed E-state index contributed by atoms with van der Waals surface area (Å²) >= 11 is 0. The lowest BCUT2D eigenvalue weighted by Gasteiger charge is -1.95. The van der Waals surface area contributed by atoms with Crippen LogP contribution in [-0.2, 0) is 19.1 Å². The molecule has 0 atom stereocenters. The summed E-state index contributed by atoms with van der Waals surface area (Å²) in [5, 5.41) is 0. The van der Waals surface area contributed by atoms with E-state index in [0.29, 0.717) is 12.8 Å². The van der Waals surface area contributed by atoms with Crippen molar-refractivity contribution in [2.45, 2.75) is 12.8 Å². The molecule has 0 aliphatic heterocycles. The van der Waals surface area contributed by atoms with Gasteiger partial charge in [-0.15, -0.1) is 12.3 Å². The van der Waals surface area contributed by atoms with Gasteiger partial charge in [0.25, 0.3) is 0 Å². The fourth-order valence-corrected chi connectivity index (χ4v) is 0.517. The molecule has 0 saturated heterocycles. The van der Waals surface area contributed by atoms with Crippen LogP contribution < -0.4 is 0 Å². The average molecular weight is 194 g/mol. The van der Waals surface area contributed by atoms with Gasteiger partial charge in [-0.3, -0.25) is 0 Å². The molecule has 0 aromatic carbocycles. The molecule has 0 aliphatic rings. The number of terminal acetylenes is 1. The maximum Gasteiger partial charge on any atom is 0.422 e. The number of hydrogen-bond acceptors (Lipinski definition) is 4. The summed E-state index contributed by atoms with van der Waals surface area (Å²) in [4.78, 5) is 21.4. The highest BCUT2D eigenvalue weighted by molar-refractivity contribution is 6.30. The summed E-state index contributed by atoms with van der Waals surface area (Å²) in [6.45, 7) is 3.11. The van der Waals surface area contributed by atoms with Crippen LogP contribution in [0.3, 0.4) is 0 Å². The van der Waals surface area contributed by atoms with Gasteiger partial charge in [0.1, 0.15) is 0 Å². The van der Waals surface area contributed by atoms with Gasteiger partial charge in [0, 0.05) is 6.42 Å². The van der Waals surface area contributed by atoms with Crippen LogP contribution in [0.4, 0.5) is 0 Å². The number of carbonyl (C=O) groups excluding carboxylic acids is 2. The maximum absolute atomic E-state index is 10.7. The van der Waals surface area contributed by atoms with Crippen molar-refractivity contribution in [3.05, 3.63) is 25.2 Å². The quantitative estimate of drug-likeness (QED) is 0.221. The van der Waals surface area contributed by atoms with E-state index in [4.69, 9.17) is 6.42 Å². The third-order valence-electron chi connectivity index (χ3n) is 1.08. The smallest absolute Gasteiger partial charge is 0.422 e. The third kappa shape index (κ3) is 5.61. The Morgan fingerprint density at radius 1 is 1.36 bits per heavy atom. The Morgan fingerprint density at radius 3 is 2.57 bits per heavy atom. The van der Waals surface area contributed by atoms with Gasteiger partial charge in [-0.2, -0.15) is 0 Å². The molecule has 4 heteroatoms. The van der Waals surface area contributed by atoms with E-state index >= 15 is 0 Å². The Hall–Kier alpha value is -2.02. The molecule has 4 nitrogen and oxygen atoms in total. The Bertz CT molecular complexity index is 283. The van der Waals surface area contributed by atoms with Crippen LogP contribution in [-0.4, -0.2) is 11.9 Å². The minimum atomic E-state index is -1.11. The molecule has 0 saturated carbocycles. The summed E-state index contributed by atoms with van der Waals surface area (Å²) in [7, 11) is 0. The van der Waals surface area contributed by atoms with Gasteiger partial charge < -0.3 is 9.47 Å². The van der Waals surface area contributed by atoms with E-state index in [1.165, 1.54) is 0 Å². The third-order valence-corrected chi connectivity index (χ3v) is 1.08. The second-order valence-electron chi connectivity index (χ2n) is 2.09. The van der Waals surface area contributed by atoms with Crippen molar-refractivity contribution in [3.63, 3.8) is 0 Å². The van der Waals surface area contributed by atoms with Crippen LogP contribution >= 0.6 is 0 Å². The number of unbranched alkanes of at least 4 members (excludes halogenated alkanes) is 1. The first kappa shape index (κ1) is 12.0. The molecule has 0 aromatic rings. The molecule has 0 radical (unpaired) electrons. The Kier molecular flexibility index (Phi) is 6.52. The number of hydrogen-bond donors (Lipinski definition) is 0. The minimum absolute atomic E-state index is 0.547. The van der Waals surface area contributed by atoms with Crippen molar-refractivity contribution < 1.29 is 19.1 Å². The summed E-state index contributed by atoms with van der Waals surface area (Å²) in [5.41, 5.74) is 0. The zero-order chi connectivity index (χ0) is 10.8. The van der Waals surface area contributed by atoms with Crippen molar-refractivity contribution in [1.29, 1.82) is 0 Å². The van der Waals surface area contributed by atoms with Gasteiger partial charge >= 0.3 is 11.9 Å². The molecule has 0 unspecified atom stereocenters. The molecule has 0 aliphatic carbocycles. The monoisotopic (exact) mass is 194 g/mol. The van der Waals surface area contributed by atoms with Crippen LogP contribution in [0.15, 0.2) is 25.2 Å². The summed E-state index contributed by atoms with van der Waals surface area (Å²) in [6, 6.07) is 0. The van der Waals surface area contributed by atoms with Gasteiger partial charge in [-0.1, -0.05) is 6.58 Å². The van der Waals surface area contributed by atoms with E-state index in [1.54, 1.807) is 6.08 Å². The first-order valence-corrected chi connectivity index (χ1v) is 3.83. The first-order chi connectivity index (χ1) is 6.72. The highest BCUT2D eigenvalue weighted by Crippen LogP contribution is 1.91. The standard InChI is InChI=1S/C10H10O4/c1-3-5-6-7-8-14-10(12)9(11)13-4-2/h1,4,7-8H,2,5-6H2. The van der Waals surface area contributed by atoms with E-state index in [2.05, 4.69) is 22.0 Å². The fraction of sp³-hybridized carbons (Fsp3) is 0.200. The Balaban J connectivity index is 3.74. The van der Waals surface area contributed by atoms with E-state index in [1.807, 2.05) is 0 Å². The molecule has 74 valence electrons. The largest absolute Gasteiger partial charge is 0.427 e. The molecular weight excluding hydrogens is 184 g/mol. The second kappa shape index (κ2) is 7.62. The van der Waals surface area contributed by atoms with Crippen LogP contribution in [0.25, 0.3) is 0 Å². The zero-order valence-electron chi connectivity index (χ0n) is 7.56. The molecule has 0 fully saturated rings. The zero-order valence-corrected chi connectivity index (χ0v) is 7.56. The molecule has 14 heavy (non-hydrogen) atoms. The van der Waals surface area contributed by atoms with E-state index in [9.17, 15) is 9.59 Å². The second-order valence-corrected chi connectivity index (χ2v) is 2.09.